The molecule has 0 aliphatic carbocycles. The van der Waals surface area contributed by atoms with Crippen LogP contribution in [-0.2, 0) is 10.8 Å². The van der Waals surface area contributed by atoms with Crippen molar-refractivity contribution in [1.82, 2.24) is 0 Å². The summed E-state index contributed by atoms with van der Waals surface area (Å²) in [6, 6.07) is 4.46. The van der Waals surface area contributed by atoms with Crippen molar-refractivity contribution in [3.63, 3.8) is 0 Å². The van der Waals surface area contributed by atoms with E-state index in [1.165, 1.54) is 22.3 Å². The highest BCUT2D eigenvalue weighted by Gasteiger charge is 2.26. The maximum Gasteiger partial charge on any atom is 0.123 e. The van der Waals surface area contributed by atoms with Gasteiger partial charge in [-0.15, -0.1) is 0 Å². The Morgan fingerprint density at radius 2 is 1.00 bits per heavy atom. The quantitative estimate of drug-likeness (QED) is 0.282. The lowest BCUT2D eigenvalue weighted by Crippen LogP contribution is -2.19. The van der Waals surface area contributed by atoms with Gasteiger partial charge in [-0.25, -0.2) is 0 Å². The van der Waals surface area contributed by atoms with Crippen molar-refractivity contribution in [3.8, 4) is 11.5 Å². The fourth-order valence-electron chi connectivity index (χ4n) is 3.28. The molecule has 0 aliphatic heterocycles. The van der Waals surface area contributed by atoms with Gasteiger partial charge in [0.2, 0.25) is 0 Å². The van der Waals surface area contributed by atoms with Gasteiger partial charge in [0.1, 0.15) is 11.5 Å². The summed E-state index contributed by atoms with van der Waals surface area (Å²) in [5.74, 6) is 2.00. The van der Waals surface area contributed by atoms with Crippen LogP contribution in [-0.4, -0.2) is 13.2 Å². The molecule has 1 aromatic carbocycles. The normalized spacial score (nSPS) is 11.8. The van der Waals surface area contributed by atoms with Crippen LogP contribution in [0.3, 0.4) is 0 Å². The van der Waals surface area contributed by atoms with E-state index in [1.807, 2.05) is 0 Å². The van der Waals surface area contributed by atoms with Crippen molar-refractivity contribution in [2.75, 3.05) is 13.2 Å². The summed E-state index contributed by atoms with van der Waals surface area (Å²) in [7, 11) is 0. The smallest absolute Gasteiger partial charge is 0.123 e. The van der Waals surface area contributed by atoms with E-state index in [2.05, 4.69) is 93.5 Å². The predicted molar refractivity (Wildman–Crippen MR) is 132 cm³/mol. The highest BCUT2D eigenvalue weighted by atomic mass is 16.5. The van der Waals surface area contributed by atoms with E-state index in [1.54, 1.807) is 0 Å². The molecule has 0 heterocycles. The van der Waals surface area contributed by atoms with Gasteiger partial charge >= 0.3 is 0 Å². The molecule has 1 aromatic rings. The highest BCUT2D eigenvalue weighted by Crippen LogP contribution is 2.41. The van der Waals surface area contributed by atoms with Crippen molar-refractivity contribution < 1.29 is 9.47 Å². The Morgan fingerprint density at radius 3 is 1.27 bits per heavy atom. The number of ether oxygens (including phenoxy) is 2. The fourth-order valence-corrected chi connectivity index (χ4v) is 3.28. The zero-order chi connectivity index (χ0) is 22.9. The lowest BCUT2D eigenvalue weighted by Gasteiger charge is -2.29. The van der Waals surface area contributed by atoms with Crippen LogP contribution in [0.1, 0.15) is 106 Å². The molecule has 0 spiro atoms. The zero-order valence-electron chi connectivity index (χ0n) is 21.4. The van der Waals surface area contributed by atoms with Crippen molar-refractivity contribution in [3.05, 3.63) is 46.6 Å². The number of hydrogen-bond acceptors (Lipinski definition) is 2. The van der Waals surface area contributed by atoms with Crippen LogP contribution in [0.15, 0.2) is 35.4 Å². The third-order valence-corrected chi connectivity index (χ3v) is 5.02. The standard InChI is InChI=1S/C28H46O2/c1-21(2)15-11-13-17-29-25-19-24(28(8,9)10)26(20-23(25)27(5,6)7)30-18-14-12-16-22(3)4/h15-16,19-20H,11-14,17-18H2,1-10H3. The maximum absolute atomic E-state index is 6.31. The monoisotopic (exact) mass is 414 g/mol. The van der Waals surface area contributed by atoms with Crippen LogP contribution in [0.25, 0.3) is 0 Å². The summed E-state index contributed by atoms with van der Waals surface area (Å²) in [6.07, 6.45) is 8.74. The van der Waals surface area contributed by atoms with E-state index in [9.17, 15) is 0 Å². The Hall–Kier alpha value is -1.70. The number of hydrogen-bond donors (Lipinski definition) is 0. The highest BCUT2D eigenvalue weighted by molar-refractivity contribution is 5.51. The first-order chi connectivity index (χ1) is 13.8. The summed E-state index contributed by atoms with van der Waals surface area (Å²) >= 11 is 0. The van der Waals surface area contributed by atoms with Gasteiger partial charge in [-0.2, -0.15) is 0 Å². The van der Waals surface area contributed by atoms with Gasteiger partial charge in [0.15, 0.2) is 0 Å². The summed E-state index contributed by atoms with van der Waals surface area (Å²) in [5.41, 5.74) is 5.16. The van der Waals surface area contributed by atoms with Crippen LogP contribution in [0, 0.1) is 0 Å². The molecular weight excluding hydrogens is 368 g/mol. The zero-order valence-corrected chi connectivity index (χ0v) is 21.4. The van der Waals surface area contributed by atoms with E-state index >= 15 is 0 Å². The van der Waals surface area contributed by atoms with Gasteiger partial charge in [-0.05, 0) is 76.3 Å². The van der Waals surface area contributed by atoms with E-state index in [-0.39, 0.29) is 10.8 Å². The average molecular weight is 415 g/mol. The topological polar surface area (TPSA) is 18.5 Å². The second kappa shape index (κ2) is 11.6. The second-order valence-electron chi connectivity index (χ2n) is 10.9. The molecule has 0 aromatic heterocycles. The summed E-state index contributed by atoms with van der Waals surface area (Å²) in [6.45, 7) is 23.5. The van der Waals surface area contributed by atoms with Crippen LogP contribution < -0.4 is 9.47 Å². The molecular formula is C28H46O2. The number of unbranched alkanes of at least 4 members (excludes halogenated alkanes) is 2. The van der Waals surface area contributed by atoms with Crippen LogP contribution in [0.2, 0.25) is 0 Å². The minimum absolute atomic E-state index is 0.00811. The molecule has 2 nitrogen and oxygen atoms in total. The van der Waals surface area contributed by atoms with Gasteiger partial charge in [-0.3, -0.25) is 0 Å². The Labute approximate surface area is 186 Å². The van der Waals surface area contributed by atoms with Crippen molar-refractivity contribution in [2.45, 2.75) is 106 Å². The maximum atomic E-state index is 6.31. The lowest BCUT2D eigenvalue weighted by atomic mass is 9.81. The molecule has 0 unspecified atom stereocenters. The number of rotatable bonds is 10. The first kappa shape index (κ1) is 26.3. The first-order valence-electron chi connectivity index (χ1n) is 11.5. The van der Waals surface area contributed by atoms with Crippen molar-refractivity contribution in [2.24, 2.45) is 0 Å². The minimum Gasteiger partial charge on any atom is -0.493 e. The van der Waals surface area contributed by atoms with Gasteiger partial charge in [-0.1, -0.05) is 64.8 Å². The second-order valence-corrected chi connectivity index (χ2v) is 10.9. The molecule has 0 N–H and O–H groups in total. The molecule has 0 saturated carbocycles. The van der Waals surface area contributed by atoms with Crippen LogP contribution in [0.5, 0.6) is 11.5 Å². The number of benzene rings is 1. The van der Waals surface area contributed by atoms with Gasteiger partial charge in [0, 0.05) is 11.1 Å². The van der Waals surface area contributed by atoms with E-state index in [0.29, 0.717) is 0 Å². The van der Waals surface area contributed by atoms with Gasteiger partial charge < -0.3 is 9.47 Å². The largest absolute Gasteiger partial charge is 0.493 e. The summed E-state index contributed by atoms with van der Waals surface area (Å²) < 4.78 is 12.6. The number of allylic oxidation sites excluding steroid dienone is 4. The average Bonchev–Trinajstić information content (AvgIpc) is 2.59. The summed E-state index contributed by atoms with van der Waals surface area (Å²) in [5, 5.41) is 0. The molecule has 0 saturated heterocycles. The molecule has 170 valence electrons. The Kier molecular flexibility index (Phi) is 10.2. The molecule has 0 atom stereocenters. The lowest BCUT2D eigenvalue weighted by molar-refractivity contribution is 0.290. The van der Waals surface area contributed by atoms with E-state index in [4.69, 9.17) is 9.47 Å². The third-order valence-electron chi connectivity index (χ3n) is 5.02. The molecule has 1 rings (SSSR count). The Bertz CT molecular complexity index is 652. The summed E-state index contributed by atoms with van der Waals surface area (Å²) in [4.78, 5) is 0. The van der Waals surface area contributed by atoms with Crippen LogP contribution in [0.4, 0.5) is 0 Å². The molecule has 0 amide bonds. The molecule has 2 heteroatoms. The van der Waals surface area contributed by atoms with E-state index in [0.717, 1.165) is 50.4 Å². The van der Waals surface area contributed by atoms with Crippen LogP contribution >= 0.6 is 0 Å². The fraction of sp³-hybridized carbons (Fsp3) is 0.643. The molecule has 0 bridgehead atoms. The Morgan fingerprint density at radius 1 is 0.667 bits per heavy atom. The third kappa shape index (κ3) is 9.41. The van der Waals surface area contributed by atoms with Gasteiger partial charge in [0.25, 0.3) is 0 Å². The minimum atomic E-state index is -0.00811. The Balaban J connectivity index is 3.10. The SMILES string of the molecule is CC(C)=CCCCOc1cc(C(C)(C)C)c(OCCCC=C(C)C)cc1C(C)(C)C. The van der Waals surface area contributed by atoms with Gasteiger partial charge in [0.05, 0.1) is 13.2 Å². The van der Waals surface area contributed by atoms with E-state index < -0.39 is 0 Å². The molecule has 30 heavy (non-hydrogen) atoms. The molecule has 0 radical (unpaired) electrons. The predicted octanol–water partition coefficient (Wildman–Crippen LogP) is 8.53. The first-order valence-corrected chi connectivity index (χ1v) is 11.5. The molecule has 0 aliphatic rings. The van der Waals surface area contributed by atoms with Crippen molar-refractivity contribution in [1.29, 1.82) is 0 Å². The molecule has 0 fully saturated rings. The van der Waals surface area contributed by atoms with Crippen molar-refractivity contribution >= 4 is 0 Å².